The fourth-order valence-corrected chi connectivity index (χ4v) is 2.30. The summed E-state index contributed by atoms with van der Waals surface area (Å²) < 4.78 is 20.8. The number of ether oxygens (including phenoxy) is 4. The van der Waals surface area contributed by atoms with E-state index in [0.29, 0.717) is 34.2 Å². The summed E-state index contributed by atoms with van der Waals surface area (Å²) in [5.41, 5.74) is 3.13. The van der Waals surface area contributed by atoms with E-state index in [2.05, 4.69) is 15.8 Å². The van der Waals surface area contributed by atoms with Crippen LogP contribution in [0.15, 0.2) is 41.5 Å². The second-order valence-corrected chi connectivity index (χ2v) is 5.31. The van der Waals surface area contributed by atoms with Crippen molar-refractivity contribution in [2.45, 2.75) is 0 Å². The van der Waals surface area contributed by atoms with Crippen LogP contribution in [0.4, 0.5) is 5.69 Å². The average Bonchev–Trinajstić information content (AvgIpc) is 2.73. The summed E-state index contributed by atoms with van der Waals surface area (Å²) in [6.07, 6.45) is 1.33. The Morgan fingerprint density at radius 3 is 2.07 bits per heavy atom. The molecular weight excluding hydrogens is 366 g/mol. The minimum Gasteiger partial charge on any atom is -0.497 e. The van der Waals surface area contributed by atoms with Crippen molar-refractivity contribution in [3.63, 3.8) is 0 Å². The zero-order chi connectivity index (χ0) is 20.5. The standard InChI is InChI=1S/C19H21N3O6/c1-25-14-8-6-13(7-9-14)21-18(23)19(24)22-20-11-12-5-10-15(26-2)17(28-4)16(12)27-3/h5-11H,1-4H3,(H,21,23)(H,22,24)/b20-11+. The predicted octanol–water partition coefficient (Wildman–Crippen LogP) is 1.81. The SMILES string of the molecule is COc1ccc(NC(=O)C(=O)N/N=C/c2ccc(OC)c(OC)c2OC)cc1. The number of nitrogens with one attached hydrogen (secondary N) is 2. The number of amides is 2. The Kier molecular flexibility index (Phi) is 7.21. The molecule has 2 amide bonds. The molecule has 28 heavy (non-hydrogen) atoms. The Labute approximate surface area is 162 Å². The smallest absolute Gasteiger partial charge is 0.329 e. The quantitative estimate of drug-likeness (QED) is 0.426. The second kappa shape index (κ2) is 9.81. The van der Waals surface area contributed by atoms with E-state index >= 15 is 0 Å². The Bertz CT molecular complexity index is 865. The Hall–Kier alpha value is -3.75. The lowest BCUT2D eigenvalue weighted by Gasteiger charge is -2.13. The van der Waals surface area contributed by atoms with E-state index in [1.807, 2.05) is 0 Å². The summed E-state index contributed by atoms with van der Waals surface area (Å²) in [7, 11) is 5.99. The van der Waals surface area contributed by atoms with E-state index in [1.165, 1.54) is 34.7 Å². The molecule has 0 aliphatic carbocycles. The third-order valence-corrected chi connectivity index (χ3v) is 3.66. The normalized spacial score (nSPS) is 10.3. The highest BCUT2D eigenvalue weighted by Gasteiger charge is 2.16. The number of nitrogens with zero attached hydrogens (tertiary/aromatic N) is 1. The van der Waals surface area contributed by atoms with Gasteiger partial charge in [-0.1, -0.05) is 0 Å². The van der Waals surface area contributed by atoms with Crippen LogP contribution >= 0.6 is 0 Å². The van der Waals surface area contributed by atoms with Gasteiger partial charge in [-0.2, -0.15) is 5.10 Å². The van der Waals surface area contributed by atoms with Crippen molar-refractivity contribution >= 4 is 23.7 Å². The number of methoxy groups -OCH3 is 4. The van der Waals surface area contributed by atoms with Crippen LogP contribution in [0.2, 0.25) is 0 Å². The minimum atomic E-state index is -0.925. The first kappa shape index (κ1) is 20.6. The largest absolute Gasteiger partial charge is 0.497 e. The van der Waals surface area contributed by atoms with Gasteiger partial charge in [0.25, 0.3) is 0 Å². The predicted molar refractivity (Wildman–Crippen MR) is 103 cm³/mol. The molecule has 2 N–H and O–H groups in total. The van der Waals surface area contributed by atoms with Crippen LogP contribution in [-0.2, 0) is 9.59 Å². The van der Waals surface area contributed by atoms with Gasteiger partial charge >= 0.3 is 11.8 Å². The number of hydrogen-bond donors (Lipinski definition) is 2. The summed E-state index contributed by atoms with van der Waals surface area (Å²) in [5.74, 6) is 0.100. The van der Waals surface area contributed by atoms with Crippen LogP contribution in [-0.4, -0.2) is 46.5 Å². The molecule has 2 rings (SSSR count). The fourth-order valence-electron chi connectivity index (χ4n) is 2.30. The molecule has 0 aliphatic rings. The van der Waals surface area contributed by atoms with Crippen LogP contribution in [0, 0.1) is 0 Å². The monoisotopic (exact) mass is 387 g/mol. The van der Waals surface area contributed by atoms with Gasteiger partial charge in [0.15, 0.2) is 11.5 Å². The highest BCUT2D eigenvalue weighted by Crippen LogP contribution is 2.38. The van der Waals surface area contributed by atoms with E-state index in [-0.39, 0.29) is 0 Å². The van der Waals surface area contributed by atoms with Crippen molar-refractivity contribution in [1.29, 1.82) is 0 Å². The van der Waals surface area contributed by atoms with Gasteiger partial charge in [-0.05, 0) is 36.4 Å². The van der Waals surface area contributed by atoms with E-state index < -0.39 is 11.8 Å². The molecule has 0 saturated carbocycles. The molecule has 2 aromatic rings. The minimum absolute atomic E-state index is 0.377. The van der Waals surface area contributed by atoms with Gasteiger partial charge in [-0.3, -0.25) is 9.59 Å². The fraction of sp³-hybridized carbons (Fsp3) is 0.211. The van der Waals surface area contributed by atoms with Crippen molar-refractivity contribution in [1.82, 2.24) is 5.43 Å². The van der Waals surface area contributed by atoms with Crippen molar-refractivity contribution in [3.05, 3.63) is 42.0 Å². The summed E-state index contributed by atoms with van der Waals surface area (Å²) in [4.78, 5) is 23.8. The molecule has 9 heteroatoms. The number of hydrazone groups is 1. The summed E-state index contributed by atoms with van der Waals surface area (Å²) in [6.45, 7) is 0. The van der Waals surface area contributed by atoms with Crippen molar-refractivity contribution in [2.75, 3.05) is 33.8 Å². The van der Waals surface area contributed by atoms with Gasteiger partial charge < -0.3 is 24.3 Å². The topological polar surface area (TPSA) is 107 Å². The van der Waals surface area contributed by atoms with Gasteiger partial charge in [-0.25, -0.2) is 5.43 Å². The molecule has 0 fully saturated rings. The van der Waals surface area contributed by atoms with Gasteiger partial charge in [0, 0.05) is 11.3 Å². The van der Waals surface area contributed by atoms with Gasteiger partial charge in [0.1, 0.15) is 5.75 Å². The molecule has 0 aromatic heterocycles. The molecule has 0 unspecified atom stereocenters. The van der Waals surface area contributed by atoms with Crippen LogP contribution < -0.4 is 29.7 Å². The van der Waals surface area contributed by atoms with Gasteiger partial charge in [0.05, 0.1) is 34.7 Å². The molecule has 148 valence electrons. The highest BCUT2D eigenvalue weighted by atomic mass is 16.5. The van der Waals surface area contributed by atoms with Crippen molar-refractivity contribution in [3.8, 4) is 23.0 Å². The number of benzene rings is 2. The molecule has 0 spiro atoms. The third kappa shape index (κ3) is 4.91. The number of carbonyl (C=O) groups excluding carboxylic acids is 2. The first-order valence-electron chi connectivity index (χ1n) is 8.11. The number of anilines is 1. The highest BCUT2D eigenvalue weighted by molar-refractivity contribution is 6.39. The van der Waals surface area contributed by atoms with E-state index in [1.54, 1.807) is 36.4 Å². The number of rotatable bonds is 7. The third-order valence-electron chi connectivity index (χ3n) is 3.66. The molecular formula is C19H21N3O6. The molecule has 0 aliphatic heterocycles. The Morgan fingerprint density at radius 2 is 1.50 bits per heavy atom. The number of hydrogen-bond acceptors (Lipinski definition) is 7. The first-order valence-corrected chi connectivity index (χ1v) is 8.11. The molecule has 2 aromatic carbocycles. The molecule has 0 bridgehead atoms. The van der Waals surface area contributed by atoms with Crippen LogP contribution in [0.25, 0.3) is 0 Å². The van der Waals surface area contributed by atoms with E-state index in [0.717, 1.165) is 0 Å². The summed E-state index contributed by atoms with van der Waals surface area (Å²) in [6, 6.07) is 9.89. The Balaban J connectivity index is 2.03. The Morgan fingerprint density at radius 1 is 0.821 bits per heavy atom. The second-order valence-electron chi connectivity index (χ2n) is 5.31. The lowest BCUT2D eigenvalue weighted by Crippen LogP contribution is -2.32. The molecule has 0 heterocycles. The lowest BCUT2D eigenvalue weighted by molar-refractivity contribution is -0.136. The molecule has 9 nitrogen and oxygen atoms in total. The maximum Gasteiger partial charge on any atom is 0.329 e. The van der Waals surface area contributed by atoms with E-state index in [4.69, 9.17) is 18.9 Å². The molecule has 0 saturated heterocycles. The maximum absolute atomic E-state index is 11.9. The van der Waals surface area contributed by atoms with Crippen LogP contribution in [0.3, 0.4) is 0 Å². The summed E-state index contributed by atoms with van der Waals surface area (Å²) >= 11 is 0. The first-order chi connectivity index (χ1) is 13.5. The van der Waals surface area contributed by atoms with E-state index in [9.17, 15) is 9.59 Å². The van der Waals surface area contributed by atoms with Gasteiger partial charge in [0.2, 0.25) is 5.75 Å². The zero-order valence-corrected chi connectivity index (χ0v) is 15.9. The lowest BCUT2D eigenvalue weighted by atomic mass is 10.2. The van der Waals surface area contributed by atoms with Crippen LogP contribution in [0.1, 0.15) is 5.56 Å². The van der Waals surface area contributed by atoms with Gasteiger partial charge in [-0.15, -0.1) is 0 Å². The summed E-state index contributed by atoms with van der Waals surface area (Å²) in [5, 5.41) is 6.25. The zero-order valence-electron chi connectivity index (χ0n) is 15.9. The average molecular weight is 387 g/mol. The maximum atomic E-state index is 11.9. The number of carbonyl (C=O) groups is 2. The molecule has 0 atom stereocenters. The van der Waals surface area contributed by atoms with Crippen molar-refractivity contribution in [2.24, 2.45) is 5.10 Å². The van der Waals surface area contributed by atoms with Crippen LogP contribution in [0.5, 0.6) is 23.0 Å². The molecule has 0 radical (unpaired) electrons. The van der Waals surface area contributed by atoms with Crippen molar-refractivity contribution < 1.29 is 28.5 Å².